The highest BCUT2D eigenvalue weighted by Crippen LogP contribution is 2.21. The van der Waals surface area contributed by atoms with Gasteiger partial charge in [0.15, 0.2) is 0 Å². The zero-order valence-corrected chi connectivity index (χ0v) is 12.5. The summed E-state index contributed by atoms with van der Waals surface area (Å²) in [7, 11) is 0. The number of hydrogen-bond donors (Lipinski definition) is 2. The molecule has 2 N–H and O–H groups in total. The van der Waals surface area contributed by atoms with E-state index in [1.165, 1.54) is 32.5 Å². The second kappa shape index (κ2) is 7.13. The molecule has 2 aliphatic rings. The molecule has 0 aromatic carbocycles. The number of nitrogens with one attached hydrogen (secondary N) is 2. The Morgan fingerprint density at radius 3 is 2.47 bits per heavy atom. The molecule has 1 aliphatic carbocycles. The van der Waals surface area contributed by atoms with Crippen LogP contribution in [0.4, 0.5) is 4.79 Å². The van der Waals surface area contributed by atoms with Crippen LogP contribution in [0.25, 0.3) is 0 Å². The Balaban J connectivity index is 1.48. The van der Waals surface area contributed by atoms with Gasteiger partial charge in [-0.15, -0.1) is 0 Å². The van der Waals surface area contributed by atoms with Crippen molar-refractivity contribution in [3.8, 4) is 0 Å². The lowest BCUT2D eigenvalue weighted by Crippen LogP contribution is -2.40. The Kier molecular flexibility index (Phi) is 5.49. The smallest absolute Gasteiger partial charge is 0.315 e. The zero-order valence-electron chi connectivity index (χ0n) is 12.5. The molecule has 2 atom stereocenters. The Hall–Kier alpha value is -0.770. The molecule has 19 heavy (non-hydrogen) atoms. The summed E-state index contributed by atoms with van der Waals surface area (Å²) in [6.07, 6.45) is 5.94. The number of carbonyl (C=O) groups is 1. The Labute approximate surface area is 117 Å². The molecule has 2 unspecified atom stereocenters. The van der Waals surface area contributed by atoms with Crippen molar-refractivity contribution in [3.05, 3.63) is 0 Å². The lowest BCUT2D eigenvalue weighted by atomic mass is 9.92. The van der Waals surface area contributed by atoms with Crippen LogP contribution in [0.1, 0.15) is 46.0 Å². The monoisotopic (exact) mass is 267 g/mol. The minimum atomic E-state index is 0.0164. The van der Waals surface area contributed by atoms with Crippen LogP contribution in [0.2, 0.25) is 0 Å². The van der Waals surface area contributed by atoms with Crippen LogP contribution in [0.5, 0.6) is 0 Å². The number of urea groups is 1. The van der Waals surface area contributed by atoms with E-state index in [2.05, 4.69) is 29.4 Å². The molecule has 1 heterocycles. The Morgan fingerprint density at radius 1 is 1.16 bits per heavy atom. The highest BCUT2D eigenvalue weighted by Gasteiger charge is 2.23. The summed E-state index contributed by atoms with van der Waals surface area (Å²) < 4.78 is 0. The van der Waals surface area contributed by atoms with Gasteiger partial charge in [-0.05, 0) is 50.5 Å². The summed E-state index contributed by atoms with van der Waals surface area (Å²) in [6.45, 7) is 9.19. The van der Waals surface area contributed by atoms with Crippen LogP contribution in [0.15, 0.2) is 0 Å². The van der Waals surface area contributed by atoms with Gasteiger partial charge in [-0.3, -0.25) is 0 Å². The van der Waals surface area contributed by atoms with Gasteiger partial charge < -0.3 is 15.5 Å². The first-order chi connectivity index (χ1) is 9.13. The molecule has 1 saturated carbocycles. The molecule has 1 saturated heterocycles. The average Bonchev–Trinajstić information content (AvgIpc) is 3.11. The normalized spacial score (nSPS) is 28.1. The Morgan fingerprint density at radius 2 is 1.84 bits per heavy atom. The molecule has 0 aromatic heterocycles. The SMILES string of the molecule is CC1CC(C)CN(CCCCNC(=O)NC2CC2)C1. The molecule has 0 aromatic rings. The first kappa shape index (κ1) is 14.6. The fourth-order valence-electron chi connectivity index (χ4n) is 3.10. The number of rotatable bonds is 6. The largest absolute Gasteiger partial charge is 0.338 e. The van der Waals surface area contributed by atoms with Crippen LogP contribution in [-0.2, 0) is 0 Å². The van der Waals surface area contributed by atoms with Gasteiger partial charge >= 0.3 is 6.03 Å². The highest BCUT2D eigenvalue weighted by molar-refractivity contribution is 5.74. The predicted octanol–water partition coefficient (Wildman–Crippen LogP) is 2.21. The maximum Gasteiger partial charge on any atom is 0.315 e. The quantitative estimate of drug-likeness (QED) is 0.725. The third-order valence-corrected chi connectivity index (χ3v) is 4.04. The molecule has 1 aliphatic heterocycles. The fraction of sp³-hybridized carbons (Fsp3) is 0.933. The van der Waals surface area contributed by atoms with E-state index in [0.29, 0.717) is 6.04 Å². The molecule has 110 valence electrons. The topological polar surface area (TPSA) is 44.4 Å². The minimum Gasteiger partial charge on any atom is -0.338 e. The van der Waals surface area contributed by atoms with Crippen LogP contribution in [-0.4, -0.2) is 43.2 Å². The molecule has 2 fully saturated rings. The maximum atomic E-state index is 11.4. The van der Waals surface area contributed by atoms with Crippen molar-refractivity contribution in [2.24, 2.45) is 11.8 Å². The number of piperidine rings is 1. The molecule has 2 amide bonds. The highest BCUT2D eigenvalue weighted by atomic mass is 16.2. The fourth-order valence-corrected chi connectivity index (χ4v) is 3.10. The molecule has 0 radical (unpaired) electrons. The summed E-state index contributed by atoms with van der Waals surface area (Å²) in [5.41, 5.74) is 0. The molecule has 0 spiro atoms. The van der Waals surface area contributed by atoms with Crippen molar-refractivity contribution in [2.75, 3.05) is 26.2 Å². The third kappa shape index (κ3) is 5.81. The molecule has 4 nitrogen and oxygen atoms in total. The van der Waals surface area contributed by atoms with E-state index in [1.54, 1.807) is 0 Å². The molecule has 0 bridgehead atoms. The van der Waals surface area contributed by atoms with Crippen molar-refractivity contribution in [3.63, 3.8) is 0 Å². The number of hydrogen-bond acceptors (Lipinski definition) is 2. The zero-order chi connectivity index (χ0) is 13.7. The van der Waals surface area contributed by atoms with Gasteiger partial charge in [-0.1, -0.05) is 13.8 Å². The lowest BCUT2D eigenvalue weighted by molar-refractivity contribution is 0.139. The lowest BCUT2D eigenvalue weighted by Gasteiger charge is -2.34. The van der Waals surface area contributed by atoms with Crippen molar-refractivity contribution in [1.29, 1.82) is 0 Å². The third-order valence-electron chi connectivity index (χ3n) is 4.04. The van der Waals surface area contributed by atoms with Crippen LogP contribution in [0.3, 0.4) is 0 Å². The van der Waals surface area contributed by atoms with E-state index < -0.39 is 0 Å². The second-order valence-corrected chi connectivity index (χ2v) is 6.59. The van der Waals surface area contributed by atoms with E-state index in [4.69, 9.17) is 0 Å². The van der Waals surface area contributed by atoms with E-state index >= 15 is 0 Å². The van der Waals surface area contributed by atoms with Gasteiger partial charge in [0.05, 0.1) is 0 Å². The van der Waals surface area contributed by atoms with Crippen molar-refractivity contribution >= 4 is 6.03 Å². The number of nitrogens with zero attached hydrogens (tertiary/aromatic N) is 1. The molecule has 2 rings (SSSR count). The Bertz CT molecular complexity index is 281. The summed E-state index contributed by atoms with van der Waals surface area (Å²) in [5, 5.41) is 5.89. The van der Waals surface area contributed by atoms with Gasteiger partial charge in [0.25, 0.3) is 0 Å². The molecule has 4 heteroatoms. The van der Waals surface area contributed by atoms with Crippen molar-refractivity contribution in [1.82, 2.24) is 15.5 Å². The van der Waals surface area contributed by atoms with Gasteiger partial charge in [0.1, 0.15) is 0 Å². The van der Waals surface area contributed by atoms with Gasteiger partial charge in [-0.25, -0.2) is 4.79 Å². The molecular formula is C15H29N3O. The van der Waals surface area contributed by atoms with Gasteiger partial charge in [-0.2, -0.15) is 0 Å². The van der Waals surface area contributed by atoms with Gasteiger partial charge in [0, 0.05) is 25.7 Å². The number of amides is 2. The first-order valence-corrected chi connectivity index (χ1v) is 7.90. The second-order valence-electron chi connectivity index (χ2n) is 6.59. The first-order valence-electron chi connectivity index (χ1n) is 7.90. The van der Waals surface area contributed by atoms with Crippen molar-refractivity contribution in [2.45, 2.75) is 52.0 Å². The predicted molar refractivity (Wildman–Crippen MR) is 78.2 cm³/mol. The number of likely N-dealkylation sites (tertiary alicyclic amines) is 1. The van der Waals surface area contributed by atoms with Gasteiger partial charge in [0.2, 0.25) is 0 Å². The van der Waals surface area contributed by atoms with Crippen molar-refractivity contribution < 1.29 is 4.79 Å². The van der Waals surface area contributed by atoms with Crippen LogP contribution < -0.4 is 10.6 Å². The number of carbonyl (C=O) groups excluding carboxylic acids is 1. The van der Waals surface area contributed by atoms with E-state index in [-0.39, 0.29) is 6.03 Å². The standard InChI is InChI=1S/C15H29N3O/c1-12-9-13(2)11-18(10-12)8-4-3-7-16-15(19)17-14-5-6-14/h12-14H,3-11H2,1-2H3,(H2,16,17,19). The summed E-state index contributed by atoms with van der Waals surface area (Å²) >= 11 is 0. The average molecular weight is 267 g/mol. The van der Waals surface area contributed by atoms with E-state index in [9.17, 15) is 4.79 Å². The maximum absolute atomic E-state index is 11.4. The minimum absolute atomic E-state index is 0.0164. The van der Waals surface area contributed by atoms with E-state index in [0.717, 1.165) is 37.6 Å². The van der Waals surface area contributed by atoms with Crippen LogP contribution in [0, 0.1) is 11.8 Å². The van der Waals surface area contributed by atoms with Crippen LogP contribution >= 0.6 is 0 Å². The summed E-state index contributed by atoms with van der Waals surface area (Å²) in [4.78, 5) is 14.0. The summed E-state index contributed by atoms with van der Waals surface area (Å²) in [6, 6.07) is 0.471. The molecular weight excluding hydrogens is 238 g/mol. The van der Waals surface area contributed by atoms with E-state index in [1.807, 2.05) is 0 Å². The summed E-state index contributed by atoms with van der Waals surface area (Å²) in [5.74, 6) is 1.68. The number of unbranched alkanes of at least 4 members (excludes halogenated alkanes) is 1.